The van der Waals surface area contributed by atoms with Gasteiger partial charge in [-0.05, 0) is 48.6 Å². The van der Waals surface area contributed by atoms with Gasteiger partial charge in [0.05, 0.1) is 24.2 Å². The van der Waals surface area contributed by atoms with Crippen LogP contribution < -0.4 is 14.9 Å². The first-order valence-electron chi connectivity index (χ1n) is 14.0. The second-order valence-corrected chi connectivity index (χ2v) is 10.2. The van der Waals surface area contributed by atoms with Crippen molar-refractivity contribution in [2.45, 2.75) is 91.4 Å². The van der Waals surface area contributed by atoms with Crippen molar-refractivity contribution in [3.8, 4) is 22.6 Å². The molecule has 0 bridgehead atoms. The highest BCUT2D eigenvalue weighted by atomic mass is 16.5. The summed E-state index contributed by atoms with van der Waals surface area (Å²) in [7, 11) is 0. The zero-order valence-electron chi connectivity index (χ0n) is 22.5. The zero-order chi connectivity index (χ0) is 25.6. The number of benzene rings is 2. The molecule has 0 saturated carbocycles. The molecule has 0 radical (unpaired) electrons. The van der Waals surface area contributed by atoms with Gasteiger partial charge < -0.3 is 13.9 Å². The molecule has 0 aliphatic heterocycles. The van der Waals surface area contributed by atoms with Crippen LogP contribution in [0.3, 0.4) is 0 Å². The fraction of sp³-hybridized carbons (Fsp3) is 0.531. The molecule has 3 aromatic rings. The molecule has 0 fully saturated rings. The van der Waals surface area contributed by atoms with Crippen LogP contribution in [0, 0.1) is 5.92 Å². The van der Waals surface area contributed by atoms with Crippen molar-refractivity contribution in [3.63, 3.8) is 0 Å². The molecule has 4 heteroatoms. The van der Waals surface area contributed by atoms with Crippen molar-refractivity contribution < 1.29 is 13.9 Å². The Bertz CT molecular complexity index is 1080. The number of ether oxygens (including phenoxy) is 2. The number of rotatable bonds is 17. The molecule has 0 amide bonds. The van der Waals surface area contributed by atoms with Crippen molar-refractivity contribution in [3.05, 3.63) is 59.0 Å². The molecule has 0 saturated heterocycles. The molecule has 0 atom stereocenters. The summed E-state index contributed by atoms with van der Waals surface area (Å²) in [5, 5.41) is 0.566. The third-order valence-corrected chi connectivity index (χ3v) is 6.64. The summed E-state index contributed by atoms with van der Waals surface area (Å²) >= 11 is 0. The Morgan fingerprint density at radius 1 is 0.750 bits per heavy atom. The van der Waals surface area contributed by atoms with Crippen LogP contribution in [0.15, 0.2) is 57.9 Å². The van der Waals surface area contributed by atoms with E-state index >= 15 is 0 Å². The van der Waals surface area contributed by atoms with Gasteiger partial charge in [-0.3, -0.25) is 4.79 Å². The molecule has 2 aromatic carbocycles. The second kappa shape index (κ2) is 15.4. The highest BCUT2D eigenvalue weighted by Gasteiger charge is 2.10. The van der Waals surface area contributed by atoms with Crippen LogP contribution >= 0.6 is 0 Å². The highest BCUT2D eigenvalue weighted by Crippen LogP contribution is 2.25. The Hall–Kier alpha value is -2.75. The summed E-state index contributed by atoms with van der Waals surface area (Å²) in [6, 6.07) is 13.1. The van der Waals surface area contributed by atoms with Crippen molar-refractivity contribution in [1.29, 1.82) is 0 Å². The van der Waals surface area contributed by atoms with E-state index in [2.05, 4.69) is 20.8 Å². The van der Waals surface area contributed by atoms with Gasteiger partial charge in [0.25, 0.3) is 0 Å². The Balaban J connectivity index is 1.46. The Labute approximate surface area is 217 Å². The Morgan fingerprint density at radius 2 is 1.36 bits per heavy atom. The number of hydrogen-bond acceptors (Lipinski definition) is 4. The molecule has 0 spiro atoms. The minimum absolute atomic E-state index is 0.0361. The molecule has 0 unspecified atom stereocenters. The summed E-state index contributed by atoms with van der Waals surface area (Å²) in [5.41, 5.74) is 1.89. The lowest BCUT2D eigenvalue weighted by molar-refractivity contribution is 0.289. The maximum absolute atomic E-state index is 13.1. The molecule has 4 nitrogen and oxygen atoms in total. The summed E-state index contributed by atoms with van der Waals surface area (Å²) in [4.78, 5) is 13.1. The largest absolute Gasteiger partial charge is 0.494 e. The van der Waals surface area contributed by atoms with Gasteiger partial charge in [0.15, 0.2) is 5.43 Å². The van der Waals surface area contributed by atoms with Gasteiger partial charge in [0, 0.05) is 6.07 Å². The summed E-state index contributed by atoms with van der Waals surface area (Å²) in [6.45, 7) is 8.01. The van der Waals surface area contributed by atoms with E-state index in [0.717, 1.165) is 29.9 Å². The Kier molecular flexibility index (Phi) is 11.9. The molecule has 0 aliphatic rings. The van der Waals surface area contributed by atoms with Gasteiger partial charge in [-0.15, -0.1) is 0 Å². The molecule has 1 aromatic heterocycles. The summed E-state index contributed by atoms with van der Waals surface area (Å²) < 4.78 is 17.5. The third-order valence-electron chi connectivity index (χ3n) is 6.64. The van der Waals surface area contributed by atoms with Crippen LogP contribution in [0.4, 0.5) is 0 Å². The fourth-order valence-electron chi connectivity index (χ4n) is 4.32. The highest BCUT2D eigenvalue weighted by molar-refractivity contribution is 5.82. The maximum atomic E-state index is 13.1. The van der Waals surface area contributed by atoms with E-state index in [9.17, 15) is 4.79 Å². The van der Waals surface area contributed by atoms with E-state index < -0.39 is 0 Å². The molecular weight excluding hydrogens is 448 g/mol. The van der Waals surface area contributed by atoms with Gasteiger partial charge in [0.1, 0.15) is 23.3 Å². The molecule has 0 aliphatic carbocycles. The van der Waals surface area contributed by atoms with Gasteiger partial charge in [-0.25, -0.2) is 0 Å². The standard InChI is InChI=1S/C32H44O4/c1-4-5-6-7-8-9-10-11-12-13-21-34-28-18-19-29-31(23-28)36-24-30(32(29)33)26-14-16-27(17-15-26)35-22-20-25(2)3/h14-19,23-25H,4-13,20-22H2,1-3H3. The first-order chi connectivity index (χ1) is 17.6. The number of unbranched alkanes of at least 4 members (excludes halogenated alkanes) is 9. The molecule has 1 heterocycles. The van der Waals surface area contributed by atoms with Gasteiger partial charge in [-0.2, -0.15) is 0 Å². The van der Waals surface area contributed by atoms with Gasteiger partial charge >= 0.3 is 0 Å². The van der Waals surface area contributed by atoms with Crippen LogP contribution in [0.25, 0.3) is 22.1 Å². The van der Waals surface area contributed by atoms with E-state index in [4.69, 9.17) is 13.9 Å². The van der Waals surface area contributed by atoms with Crippen LogP contribution in [-0.4, -0.2) is 13.2 Å². The average Bonchev–Trinajstić information content (AvgIpc) is 2.88. The fourth-order valence-corrected chi connectivity index (χ4v) is 4.32. The monoisotopic (exact) mass is 492 g/mol. The minimum atomic E-state index is -0.0361. The number of hydrogen-bond donors (Lipinski definition) is 0. The van der Waals surface area contributed by atoms with Crippen LogP contribution in [-0.2, 0) is 0 Å². The average molecular weight is 493 g/mol. The quantitative estimate of drug-likeness (QED) is 0.176. The topological polar surface area (TPSA) is 48.7 Å². The lowest BCUT2D eigenvalue weighted by atomic mass is 10.1. The van der Waals surface area contributed by atoms with Crippen molar-refractivity contribution >= 4 is 11.0 Å². The van der Waals surface area contributed by atoms with Crippen molar-refractivity contribution in [1.82, 2.24) is 0 Å². The SMILES string of the molecule is CCCCCCCCCCCCOc1ccc2c(=O)c(-c3ccc(OCCC(C)C)cc3)coc2c1. The van der Waals surface area contributed by atoms with Gasteiger partial charge in [-0.1, -0.05) is 90.7 Å². The van der Waals surface area contributed by atoms with Crippen molar-refractivity contribution in [2.24, 2.45) is 5.92 Å². The molecule has 36 heavy (non-hydrogen) atoms. The minimum Gasteiger partial charge on any atom is -0.494 e. The first kappa shape index (κ1) is 27.8. The van der Waals surface area contributed by atoms with Crippen molar-refractivity contribution in [2.75, 3.05) is 13.2 Å². The van der Waals surface area contributed by atoms with E-state index in [0.29, 0.717) is 35.7 Å². The summed E-state index contributed by atoms with van der Waals surface area (Å²) in [5.74, 6) is 2.17. The van der Waals surface area contributed by atoms with E-state index in [1.165, 1.54) is 57.8 Å². The smallest absolute Gasteiger partial charge is 0.200 e. The Morgan fingerprint density at radius 3 is 2.03 bits per heavy atom. The normalized spacial score (nSPS) is 11.3. The molecular formula is C32H44O4. The van der Waals surface area contributed by atoms with Crippen LogP contribution in [0.1, 0.15) is 91.4 Å². The van der Waals surface area contributed by atoms with E-state index in [1.807, 2.05) is 42.5 Å². The molecule has 0 N–H and O–H groups in total. The summed E-state index contributed by atoms with van der Waals surface area (Å²) in [6.07, 6.45) is 15.6. The van der Waals surface area contributed by atoms with Gasteiger partial charge in [0.2, 0.25) is 0 Å². The maximum Gasteiger partial charge on any atom is 0.200 e. The lowest BCUT2D eigenvalue weighted by Crippen LogP contribution is -2.05. The first-order valence-corrected chi connectivity index (χ1v) is 14.0. The predicted molar refractivity (Wildman–Crippen MR) is 150 cm³/mol. The third kappa shape index (κ3) is 9.04. The zero-order valence-corrected chi connectivity index (χ0v) is 22.5. The molecule has 3 rings (SSSR count). The molecule has 196 valence electrons. The van der Waals surface area contributed by atoms with E-state index in [-0.39, 0.29) is 5.43 Å². The number of fused-ring (bicyclic) bond motifs is 1. The lowest BCUT2D eigenvalue weighted by Gasteiger charge is -2.09. The van der Waals surface area contributed by atoms with E-state index in [1.54, 1.807) is 6.26 Å². The van der Waals surface area contributed by atoms with Crippen LogP contribution in [0.5, 0.6) is 11.5 Å². The van der Waals surface area contributed by atoms with Crippen LogP contribution in [0.2, 0.25) is 0 Å². The predicted octanol–water partition coefficient (Wildman–Crippen LogP) is 9.18. The second-order valence-electron chi connectivity index (χ2n) is 10.2.